The number of unbranched alkanes of at least 4 members (excludes halogenated alkanes) is 1. The smallest absolute Gasteiger partial charge is 0.341 e. The lowest BCUT2D eigenvalue weighted by Gasteiger charge is -2.20. The topological polar surface area (TPSA) is 26.3 Å². The number of carbonyl (C=O) groups excluding carboxylic acids is 1. The molecule has 0 aromatic rings. The zero-order chi connectivity index (χ0) is 11.2. The van der Waals surface area contributed by atoms with Gasteiger partial charge in [-0.25, -0.2) is 9.18 Å². The molecule has 0 rings (SSSR count). The minimum atomic E-state index is -1.51. The van der Waals surface area contributed by atoms with Gasteiger partial charge in [-0.3, -0.25) is 0 Å². The molecule has 0 aromatic carbocycles. The van der Waals surface area contributed by atoms with Crippen molar-refractivity contribution in [2.24, 2.45) is 0 Å². The van der Waals surface area contributed by atoms with Gasteiger partial charge in [0.1, 0.15) is 5.60 Å². The van der Waals surface area contributed by atoms with E-state index in [1.54, 1.807) is 26.8 Å². The van der Waals surface area contributed by atoms with Crippen molar-refractivity contribution in [3.05, 3.63) is 12.7 Å². The van der Waals surface area contributed by atoms with E-state index in [2.05, 4.69) is 6.58 Å². The first-order valence-corrected chi connectivity index (χ1v) is 4.84. The second-order valence-electron chi connectivity index (χ2n) is 4.22. The molecule has 0 fully saturated rings. The summed E-state index contributed by atoms with van der Waals surface area (Å²) in [5, 5.41) is 0. The molecule has 0 heterocycles. The summed E-state index contributed by atoms with van der Waals surface area (Å²) in [4.78, 5) is 11.1. The molecule has 0 amide bonds. The Labute approximate surface area is 85.1 Å². The fourth-order valence-corrected chi connectivity index (χ4v) is 0.925. The molecule has 0 radical (unpaired) electrons. The van der Waals surface area contributed by atoms with E-state index in [4.69, 9.17) is 4.74 Å². The Morgan fingerprint density at radius 2 is 2.14 bits per heavy atom. The van der Waals surface area contributed by atoms with Crippen LogP contribution in [0.2, 0.25) is 0 Å². The molecule has 0 aliphatic rings. The Kier molecular flexibility index (Phi) is 5.43. The highest BCUT2D eigenvalue weighted by atomic mass is 19.1. The van der Waals surface area contributed by atoms with E-state index >= 15 is 0 Å². The molecule has 0 saturated heterocycles. The number of rotatable bonds is 5. The molecule has 14 heavy (non-hydrogen) atoms. The molecule has 0 aliphatic heterocycles. The van der Waals surface area contributed by atoms with Crippen molar-refractivity contribution < 1.29 is 13.9 Å². The molecule has 0 spiro atoms. The van der Waals surface area contributed by atoms with E-state index in [-0.39, 0.29) is 6.42 Å². The number of allylic oxidation sites excluding steroid dienone is 1. The molecule has 0 aromatic heterocycles. The maximum absolute atomic E-state index is 13.1. The first-order chi connectivity index (χ1) is 6.37. The molecule has 2 nitrogen and oxygen atoms in total. The van der Waals surface area contributed by atoms with Crippen molar-refractivity contribution in [3.63, 3.8) is 0 Å². The van der Waals surface area contributed by atoms with E-state index in [9.17, 15) is 9.18 Å². The van der Waals surface area contributed by atoms with Crippen molar-refractivity contribution >= 4 is 5.97 Å². The highest BCUT2D eigenvalue weighted by Gasteiger charge is 2.23. The standard InChI is InChI=1S/C11H19FO2/c1-5-6-7-8-9(12)10(13)14-11(2,3)4/h5,9H,1,6-8H2,2-4H3. The number of alkyl halides is 1. The van der Waals surface area contributed by atoms with E-state index in [0.29, 0.717) is 6.42 Å². The van der Waals surface area contributed by atoms with Gasteiger partial charge >= 0.3 is 5.97 Å². The molecule has 1 unspecified atom stereocenters. The van der Waals surface area contributed by atoms with Crippen LogP contribution in [0.15, 0.2) is 12.7 Å². The lowest BCUT2D eigenvalue weighted by atomic mass is 10.1. The van der Waals surface area contributed by atoms with Crippen molar-refractivity contribution in [3.8, 4) is 0 Å². The van der Waals surface area contributed by atoms with Gasteiger partial charge in [-0.2, -0.15) is 0 Å². The second kappa shape index (κ2) is 5.78. The molecular formula is C11H19FO2. The summed E-state index contributed by atoms with van der Waals surface area (Å²) < 4.78 is 18.0. The maximum atomic E-state index is 13.1. The van der Waals surface area contributed by atoms with Crippen molar-refractivity contribution in [2.75, 3.05) is 0 Å². The van der Waals surface area contributed by atoms with Crippen LogP contribution in [0.3, 0.4) is 0 Å². The number of hydrogen-bond acceptors (Lipinski definition) is 2. The molecule has 3 heteroatoms. The van der Waals surface area contributed by atoms with Gasteiger partial charge in [-0.05, 0) is 40.0 Å². The lowest BCUT2D eigenvalue weighted by molar-refractivity contribution is -0.161. The summed E-state index contributed by atoms with van der Waals surface area (Å²) in [6, 6.07) is 0. The number of halogens is 1. The Morgan fingerprint density at radius 3 is 2.57 bits per heavy atom. The number of carbonyl (C=O) groups is 1. The molecule has 0 bridgehead atoms. The normalized spacial score (nSPS) is 13.4. The Morgan fingerprint density at radius 1 is 1.57 bits per heavy atom. The molecule has 0 N–H and O–H groups in total. The van der Waals surface area contributed by atoms with Gasteiger partial charge in [-0.15, -0.1) is 6.58 Å². The van der Waals surface area contributed by atoms with Gasteiger partial charge in [0.25, 0.3) is 0 Å². The number of esters is 1. The first-order valence-electron chi connectivity index (χ1n) is 4.84. The van der Waals surface area contributed by atoms with Crippen LogP contribution < -0.4 is 0 Å². The molecule has 0 saturated carbocycles. The predicted octanol–water partition coefficient (Wildman–Crippen LogP) is 3.02. The van der Waals surface area contributed by atoms with Gasteiger partial charge in [0, 0.05) is 0 Å². The molecule has 1 atom stereocenters. The molecule has 0 aliphatic carbocycles. The van der Waals surface area contributed by atoms with E-state index in [1.165, 1.54) is 0 Å². The SMILES string of the molecule is C=CCCCC(F)C(=O)OC(C)(C)C. The summed E-state index contributed by atoms with van der Waals surface area (Å²) >= 11 is 0. The fraction of sp³-hybridized carbons (Fsp3) is 0.727. The van der Waals surface area contributed by atoms with E-state index in [1.807, 2.05) is 0 Å². The summed E-state index contributed by atoms with van der Waals surface area (Å²) in [7, 11) is 0. The lowest BCUT2D eigenvalue weighted by Crippen LogP contribution is -2.29. The largest absolute Gasteiger partial charge is 0.458 e. The number of ether oxygens (including phenoxy) is 1. The fourth-order valence-electron chi connectivity index (χ4n) is 0.925. The highest BCUT2D eigenvalue weighted by Crippen LogP contribution is 2.13. The van der Waals surface area contributed by atoms with Crippen LogP contribution in [0.1, 0.15) is 40.0 Å². The van der Waals surface area contributed by atoms with Gasteiger partial charge in [-0.1, -0.05) is 6.08 Å². The zero-order valence-electron chi connectivity index (χ0n) is 9.18. The van der Waals surface area contributed by atoms with Crippen LogP contribution in [0.25, 0.3) is 0 Å². The molecular weight excluding hydrogens is 183 g/mol. The van der Waals surface area contributed by atoms with E-state index in [0.717, 1.165) is 6.42 Å². The van der Waals surface area contributed by atoms with Crippen LogP contribution in [0.4, 0.5) is 4.39 Å². The van der Waals surface area contributed by atoms with Crippen LogP contribution >= 0.6 is 0 Å². The van der Waals surface area contributed by atoms with Crippen molar-refractivity contribution in [2.45, 2.75) is 51.8 Å². The van der Waals surface area contributed by atoms with Crippen molar-refractivity contribution in [1.82, 2.24) is 0 Å². The van der Waals surface area contributed by atoms with Gasteiger partial charge in [0.2, 0.25) is 0 Å². The summed E-state index contributed by atoms with van der Waals surface area (Å²) in [5.74, 6) is -0.762. The van der Waals surface area contributed by atoms with Gasteiger partial charge in [0.15, 0.2) is 6.17 Å². The van der Waals surface area contributed by atoms with Gasteiger partial charge in [0.05, 0.1) is 0 Å². The Balaban J connectivity index is 3.82. The van der Waals surface area contributed by atoms with Crippen LogP contribution in [-0.4, -0.2) is 17.7 Å². The quantitative estimate of drug-likeness (QED) is 0.389. The Bertz CT molecular complexity index is 194. The highest BCUT2D eigenvalue weighted by molar-refractivity contribution is 5.74. The first kappa shape index (κ1) is 13.1. The van der Waals surface area contributed by atoms with Crippen LogP contribution in [-0.2, 0) is 9.53 Å². The average molecular weight is 202 g/mol. The minimum Gasteiger partial charge on any atom is -0.458 e. The van der Waals surface area contributed by atoms with Crippen molar-refractivity contribution in [1.29, 1.82) is 0 Å². The third-order valence-electron chi connectivity index (χ3n) is 1.53. The summed E-state index contributed by atoms with van der Waals surface area (Å²) in [5.41, 5.74) is -0.611. The third-order valence-corrected chi connectivity index (χ3v) is 1.53. The minimum absolute atomic E-state index is 0.209. The molecule has 82 valence electrons. The predicted molar refractivity (Wildman–Crippen MR) is 54.8 cm³/mol. The van der Waals surface area contributed by atoms with Crippen LogP contribution in [0.5, 0.6) is 0 Å². The zero-order valence-corrected chi connectivity index (χ0v) is 9.18. The van der Waals surface area contributed by atoms with E-state index < -0.39 is 17.7 Å². The summed E-state index contributed by atoms with van der Waals surface area (Å²) in [6.45, 7) is 8.69. The maximum Gasteiger partial charge on any atom is 0.341 e. The van der Waals surface area contributed by atoms with Gasteiger partial charge < -0.3 is 4.74 Å². The van der Waals surface area contributed by atoms with Crippen LogP contribution in [0, 0.1) is 0 Å². The average Bonchev–Trinajstić information content (AvgIpc) is 2.01. The third kappa shape index (κ3) is 6.63. The second-order valence-corrected chi connectivity index (χ2v) is 4.22. The monoisotopic (exact) mass is 202 g/mol. The summed E-state index contributed by atoms with van der Waals surface area (Å²) in [6.07, 6.45) is 1.77. The number of hydrogen-bond donors (Lipinski definition) is 0. The Hall–Kier alpha value is -0.860.